The molecule has 0 aliphatic carbocycles. The van der Waals surface area contributed by atoms with Crippen LogP contribution in [0.2, 0.25) is 0 Å². The number of fused-ring (bicyclic) bond motifs is 1. The van der Waals surface area contributed by atoms with Crippen molar-refractivity contribution in [3.63, 3.8) is 0 Å². The Morgan fingerprint density at radius 3 is 2.55 bits per heavy atom. The molecule has 0 aromatic heterocycles. The third-order valence-electron chi connectivity index (χ3n) is 4.67. The number of nitro groups is 1. The van der Waals surface area contributed by atoms with Crippen molar-refractivity contribution in [1.29, 1.82) is 0 Å². The van der Waals surface area contributed by atoms with Crippen LogP contribution < -0.4 is 10.2 Å². The molecule has 1 amide bonds. The maximum atomic E-state index is 13.1. The van der Waals surface area contributed by atoms with E-state index in [-0.39, 0.29) is 17.2 Å². The lowest BCUT2D eigenvalue weighted by Crippen LogP contribution is -2.30. The predicted molar refractivity (Wildman–Crippen MR) is 115 cm³/mol. The van der Waals surface area contributed by atoms with E-state index in [1.165, 1.54) is 6.07 Å². The molecule has 3 rings (SSSR count). The molecule has 0 aliphatic heterocycles. The molecule has 0 atom stereocenters. The van der Waals surface area contributed by atoms with E-state index in [2.05, 4.69) is 5.32 Å². The van der Waals surface area contributed by atoms with Gasteiger partial charge in [0.1, 0.15) is 5.69 Å². The van der Waals surface area contributed by atoms with E-state index < -0.39 is 4.92 Å². The zero-order valence-corrected chi connectivity index (χ0v) is 16.4. The highest BCUT2D eigenvalue weighted by Gasteiger charge is 2.21. The molecular formula is C22H23N3O4. The Kier molecular flexibility index (Phi) is 6.41. The Balaban J connectivity index is 1.91. The zero-order chi connectivity index (χ0) is 20.8. The highest BCUT2D eigenvalue weighted by molar-refractivity contribution is 6.07. The molecular weight excluding hydrogens is 370 g/mol. The number of carbonyl (C=O) groups is 1. The molecule has 0 radical (unpaired) electrons. The number of nitro benzene ring substituents is 1. The fraction of sp³-hybridized carbons (Fsp3) is 0.227. The fourth-order valence-corrected chi connectivity index (χ4v) is 3.20. The van der Waals surface area contributed by atoms with Crippen LogP contribution in [0.3, 0.4) is 0 Å². The minimum absolute atomic E-state index is 0.137. The van der Waals surface area contributed by atoms with Crippen molar-refractivity contribution in [2.24, 2.45) is 0 Å². The first-order valence-corrected chi connectivity index (χ1v) is 9.37. The maximum Gasteiger partial charge on any atom is 0.293 e. The summed E-state index contributed by atoms with van der Waals surface area (Å²) in [4.78, 5) is 25.7. The van der Waals surface area contributed by atoms with Gasteiger partial charge in [-0.3, -0.25) is 14.9 Å². The van der Waals surface area contributed by atoms with E-state index >= 15 is 0 Å². The van der Waals surface area contributed by atoms with E-state index in [1.807, 2.05) is 49.4 Å². The number of nitrogens with one attached hydrogen (secondary N) is 1. The number of anilines is 2. The molecule has 0 spiro atoms. The summed E-state index contributed by atoms with van der Waals surface area (Å²) in [6, 6.07) is 18.2. The van der Waals surface area contributed by atoms with Crippen molar-refractivity contribution >= 4 is 33.7 Å². The van der Waals surface area contributed by atoms with Gasteiger partial charge in [-0.05, 0) is 42.0 Å². The van der Waals surface area contributed by atoms with Crippen LogP contribution in [0, 0.1) is 10.1 Å². The molecule has 0 saturated carbocycles. The average Bonchev–Trinajstić information content (AvgIpc) is 2.74. The Labute approximate surface area is 169 Å². The molecule has 3 aromatic carbocycles. The van der Waals surface area contributed by atoms with Crippen molar-refractivity contribution in [2.45, 2.75) is 6.92 Å². The van der Waals surface area contributed by atoms with Crippen LogP contribution in [-0.4, -0.2) is 37.6 Å². The Morgan fingerprint density at radius 1 is 1.10 bits per heavy atom. The van der Waals surface area contributed by atoms with Gasteiger partial charge in [0.15, 0.2) is 0 Å². The van der Waals surface area contributed by atoms with Crippen LogP contribution in [-0.2, 0) is 4.74 Å². The third-order valence-corrected chi connectivity index (χ3v) is 4.67. The van der Waals surface area contributed by atoms with E-state index in [0.717, 1.165) is 16.5 Å². The second-order valence-electron chi connectivity index (χ2n) is 6.49. The van der Waals surface area contributed by atoms with E-state index in [9.17, 15) is 14.9 Å². The highest BCUT2D eigenvalue weighted by Crippen LogP contribution is 2.28. The molecule has 7 heteroatoms. The first kappa shape index (κ1) is 20.3. The zero-order valence-electron chi connectivity index (χ0n) is 16.4. The van der Waals surface area contributed by atoms with Crippen molar-refractivity contribution in [2.75, 3.05) is 37.0 Å². The molecule has 1 N–H and O–H groups in total. The van der Waals surface area contributed by atoms with Crippen LogP contribution in [0.1, 0.15) is 17.3 Å². The fourth-order valence-electron chi connectivity index (χ4n) is 3.20. The second-order valence-corrected chi connectivity index (χ2v) is 6.49. The summed E-state index contributed by atoms with van der Waals surface area (Å²) in [5, 5.41) is 16.6. The molecule has 0 unspecified atom stereocenters. The summed E-state index contributed by atoms with van der Waals surface area (Å²) in [5.74, 6) is -0.283. The van der Waals surface area contributed by atoms with Crippen LogP contribution in [0.15, 0.2) is 60.7 Å². The number of methoxy groups -OCH3 is 1. The smallest absolute Gasteiger partial charge is 0.293 e. The van der Waals surface area contributed by atoms with Gasteiger partial charge in [-0.1, -0.05) is 30.3 Å². The summed E-state index contributed by atoms with van der Waals surface area (Å²) in [6.07, 6.45) is 0. The number of ether oxygens (including phenoxy) is 1. The van der Waals surface area contributed by atoms with Crippen LogP contribution in [0.5, 0.6) is 0 Å². The first-order chi connectivity index (χ1) is 14.0. The molecule has 0 aliphatic rings. The normalized spacial score (nSPS) is 10.7. The highest BCUT2D eigenvalue weighted by atomic mass is 16.6. The van der Waals surface area contributed by atoms with Gasteiger partial charge in [0.2, 0.25) is 0 Å². The van der Waals surface area contributed by atoms with Crippen LogP contribution >= 0.6 is 0 Å². The predicted octanol–water partition coefficient (Wildman–Crippen LogP) is 4.47. The number of amides is 1. The molecule has 0 bridgehead atoms. The molecule has 0 heterocycles. The summed E-state index contributed by atoms with van der Waals surface area (Å²) >= 11 is 0. The van der Waals surface area contributed by atoms with Gasteiger partial charge in [-0.15, -0.1) is 0 Å². The third kappa shape index (κ3) is 4.52. The van der Waals surface area contributed by atoms with Crippen molar-refractivity contribution in [1.82, 2.24) is 0 Å². The first-order valence-electron chi connectivity index (χ1n) is 9.37. The molecule has 29 heavy (non-hydrogen) atoms. The number of benzene rings is 3. The van der Waals surface area contributed by atoms with Gasteiger partial charge in [0, 0.05) is 37.5 Å². The van der Waals surface area contributed by atoms with Crippen molar-refractivity contribution in [3.05, 3.63) is 76.3 Å². The Morgan fingerprint density at radius 2 is 1.86 bits per heavy atom. The lowest BCUT2D eigenvalue weighted by molar-refractivity contribution is -0.384. The molecule has 150 valence electrons. The Hall–Kier alpha value is -3.45. The summed E-state index contributed by atoms with van der Waals surface area (Å²) in [7, 11) is 1.56. The van der Waals surface area contributed by atoms with Gasteiger partial charge in [-0.25, -0.2) is 0 Å². The summed E-state index contributed by atoms with van der Waals surface area (Å²) in [6.45, 7) is 3.17. The van der Waals surface area contributed by atoms with Crippen molar-refractivity contribution in [3.8, 4) is 0 Å². The number of rotatable bonds is 8. The lowest BCUT2D eigenvalue weighted by atomic mass is 10.1. The van der Waals surface area contributed by atoms with E-state index in [4.69, 9.17) is 4.74 Å². The summed E-state index contributed by atoms with van der Waals surface area (Å²) < 4.78 is 4.96. The van der Waals surface area contributed by atoms with Crippen LogP contribution in [0.4, 0.5) is 17.1 Å². The van der Waals surface area contributed by atoms with E-state index in [0.29, 0.717) is 25.4 Å². The molecule has 0 fully saturated rings. The average molecular weight is 393 g/mol. The van der Waals surface area contributed by atoms with E-state index in [1.54, 1.807) is 24.1 Å². The minimum atomic E-state index is -0.488. The quantitative estimate of drug-likeness (QED) is 0.347. The van der Waals surface area contributed by atoms with Gasteiger partial charge < -0.3 is 15.0 Å². The minimum Gasteiger partial charge on any atom is -0.383 e. The number of nitrogens with zero attached hydrogens (tertiary/aromatic N) is 2. The molecule has 7 nitrogen and oxygen atoms in total. The van der Waals surface area contributed by atoms with Gasteiger partial charge in [-0.2, -0.15) is 0 Å². The van der Waals surface area contributed by atoms with Crippen LogP contribution in [0.25, 0.3) is 10.8 Å². The summed E-state index contributed by atoms with van der Waals surface area (Å²) in [5.41, 5.74) is 1.24. The number of hydrogen-bond acceptors (Lipinski definition) is 5. The SMILES string of the molecule is CCN(C(=O)c1ccc(NCCOC)c([N+](=O)[O-])c1)c1ccc2ccccc2c1. The largest absolute Gasteiger partial charge is 0.383 e. The molecule has 0 saturated heterocycles. The Bertz CT molecular complexity index is 1040. The van der Waals surface area contributed by atoms with Crippen molar-refractivity contribution < 1.29 is 14.5 Å². The standard InChI is InChI=1S/C22H23N3O4/c1-3-24(19-10-8-16-6-4-5-7-17(16)14-19)22(26)18-9-11-20(23-12-13-29-2)21(15-18)25(27)28/h4-11,14-15,23H,3,12-13H2,1-2H3. The topological polar surface area (TPSA) is 84.7 Å². The number of hydrogen-bond donors (Lipinski definition) is 1. The maximum absolute atomic E-state index is 13.1. The molecule has 3 aromatic rings. The lowest BCUT2D eigenvalue weighted by Gasteiger charge is -2.22. The second kappa shape index (κ2) is 9.16. The monoisotopic (exact) mass is 393 g/mol. The number of carbonyl (C=O) groups excluding carboxylic acids is 1. The van der Waals surface area contributed by atoms with Gasteiger partial charge in [0.05, 0.1) is 11.5 Å². The van der Waals surface area contributed by atoms with Gasteiger partial charge >= 0.3 is 0 Å². The van der Waals surface area contributed by atoms with Gasteiger partial charge in [0.25, 0.3) is 11.6 Å².